The van der Waals surface area contributed by atoms with Crippen LogP contribution in [0.3, 0.4) is 0 Å². The largest absolute Gasteiger partial charge is 0.392 e. The molecule has 6 unspecified atom stereocenters. The molecule has 2 heteroatoms. The Balaban J connectivity index is 2.13. The Morgan fingerprint density at radius 1 is 1.10 bits per heavy atom. The van der Waals surface area contributed by atoms with Gasteiger partial charge in [0, 0.05) is 5.92 Å². The van der Waals surface area contributed by atoms with Crippen molar-refractivity contribution >= 4 is 0 Å². The van der Waals surface area contributed by atoms with Crippen LogP contribution in [0.4, 0.5) is 0 Å². The lowest BCUT2D eigenvalue weighted by atomic mass is 9.82. The monoisotopic (exact) mass is 278 g/mol. The highest BCUT2D eigenvalue weighted by molar-refractivity contribution is 5.13. The van der Waals surface area contributed by atoms with Crippen molar-refractivity contribution in [3.63, 3.8) is 0 Å². The molecule has 20 heavy (non-hydrogen) atoms. The van der Waals surface area contributed by atoms with E-state index in [2.05, 4.69) is 27.0 Å². The number of aliphatic hydroxyl groups is 2. The minimum atomic E-state index is -0.616. The molecule has 2 aliphatic rings. The zero-order chi connectivity index (χ0) is 15.1. The summed E-state index contributed by atoms with van der Waals surface area (Å²) in [6, 6.07) is 0. The Morgan fingerprint density at radius 3 is 2.10 bits per heavy atom. The molecule has 2 N–H and O–H groups in total. The molecule has 2 saturated carbocycles. The number of rotatable bonds is 4. The number of allylic oxidation sites excluding steroid dienone is 1. The lowest BCUT2D eigenvalue weighted by Crippen LogP contribution is -2.34. The third kappa shape index (κ3) is 2.73. The van der Waals surface area contributed by atoms with Gasteiger partial charge in [-0.05, 0) is 57.3 Å². The standard InChI is InChI=1S/C18H30O2/c1-6-13-9-18(20,10-16(13)12(4)5)14-7-15(11(2)3)17(19)8-14/h13-17,19-20H,2,4,6-10H2,1,3,5H3. The van der Waals surface area contributed by atoms with Crippen molar-refractivity contribution in [3.8, 4) is 0 Å². The van der Waals surface area contributed by atoms with Crippen molar-refractivity contribution in [2.45, 2.75) is 64.6 Å². The van der Waals surface area contributed by atoms with Crippen LogP contribution in [0.25, 0.3) is 0 Å². The van der Waals surface area contributed by atoms with E-state index in [0.717, 1.165) is 31.3 Å². The van der Waals surface area contributed by atoms with E-state index < -0.39 is 5.60 Å². The molecule has 2 fully saturated rings. The van der Waals surface area contributed by atoms with Crippen molar-refractivity contribution in [2.75, 3.05) is 0 Å². The van der Waals surface area contributed by atoms with Crippen LogP contribution in [0.15, 0.2) is 24.3 Å². The molecule has 0 aliphatic heterocycles. The van der Waals surface area contributed by atoms with Gasteiger partial charge in [0.2, 0.25) is 0 Å². The molecule has 0 heterocycles. The Bertz CT molecular complexity index is 400. The van der Waals surface area contributed by atoms with Crippen LogP contribution < -0.4 is 0 Å². The summed E-state index contributed by atoms with van der Waals surface area (Å²) in [5, 5.41) is 21.4. The van der Waals surface area contributed by atoms with Gasteiger partial charge in [-0.2, -0.15) is 0 Å². The highest BCUT2D eigenvalue weighted by Gasteiger charge is 2.51. The molecular formula is C18H30O2. The molecule has 0 spiro atoms. The van der Waals surface area contributed by atoms with Crippen LogP contribution in [-0.2, 0) is 0 Å². The lowest BCUT2D eigenvalue weighted by molar-refractivity contribution is -0.0196. The van der Waals surface area contributed by atoms with Crippen LogP contribution in [0.1, 0.15) is 52.9 Å². The van der Waals surface area contributed by atoms with Gasteiger partial charge in [-0.25, -0.2) is 0 Å². The van der Waals surface area contributed by atoms with Crippen LogP contribution in [0.2, 0.25) is 0 Å². The Labute approximate surface area is 123 Å². The molecule has 114 valence electrons. The SMILES string of the molecule is C=C(C)C1CC(C2(O)CC(CC)C(C(=C)C)C2)CC1O. The third-order valence-electron chi connectivity index (χ3n) is 5.84. The summed E-state index contributed by atoms with van der Waals surface area (Å²) in [5.74, 6) is 1.34. The van der Waals surface area contributed by atoms with E-state index in [0.29, 0.717) is 18.3 Å². The van der Waals surface area contributed by atoms with E-state index in [1.54, 1.807) is 0 Å². The molecule has 2 aliphatic carbocycles. The van der Waals surface area contributed by atoms with Gasteiger partial charge in [0.05, 0.1) is 11.7 Å². The van der Waals surface area contributed by atoms with Gasteiger partial charge in [-0.1, -0.05) is 37.6 Å². The molecule has 6 atom stereocenters. The first kappa shape index (κ1) is 15.8. The second-order valence-electron chi connectivity index (χ2n) is 7.32. The number of hydrogen-bond acceptors (Lipinski definition) is 2. The quantitative estimate of drug-likeness (QED) is 0.770. The average Bonchev–Trinajstić information content (AvgIpc) is 2.91. The second kappa shape index (κ2) is 5.65. The first-order valence-electron chi connectivity index (χ1n) is 7.99. The summed E-state index contributed by atoms with van der Waals surface area (Å²) in [4.78, 5) is 0. The highest BCUT2D eigenvalue weighted by Crippen LogP contribution is 2.52. The fourth-order valence-corrected chi connectivity index (χ4v) is 4.55. The zero-order valence-corrected chi connectivity index (χ0v) is 13.2. The maximum absolute atomic E-state index is 11.1. The molecule has 0 aromatic heterocycles. The van der Waals surface area contributed by atoms with Crippen molar-refractivity contribution in [1.29, 1.82) is 0 Å². The van der Waals surface area contributed by atoms with Crippen molar-refractivity contribution in [2.24, 2.45) is 23.7 Å². The van der Waals surface area contributed by atoms with Crippen LogP contribution in [0, 0.1) is 23.7 Å². The van der Waals surface area contributed by atoms with E-state index in [1.165, 1.54) is 5.57 Å². The molecule has 2 nitrogen and oxygen atoms in total. The lowest BCUT2D eigenvalue weighted by Gasteiger charge is -2.30. The van der Waals surface area contributed by atoms with Crippen LogP contribution in [0.5, 0.6) is 0 Å². The molecule has 0 saturated heterocycles. The second-order valence-corrected chi connectivity index (χ2v) is 7.32. The van der Waals surface area contributed by atoms with Crippen LogP contribution >= 0.6 is 0 Å². The van der Waals surface area contributed by atoms with E-state index in [1.807, 2.05) is 6.92 Å². The number of hydrogen-bond donors (Lipinski definition) is 2. The Hall–Kier alpha value is -0.600. The van der Waals surface area contributed by atoms with Gasteiger partial charge in [0.25, 0.3) is 0 Å². The summed E-state index contributed by atoms with van der Waals surface area (Å²) >= 11 is 0. The highest BCUT2D eigenvalue weighted by atomic mass is 16.3. The normalized spacial score (nSPS) is 44.8. The van der Waals surface area contributed by atoms with Gasteiger partial charge in [-0.3, -0.25) is 0 Å². The smallest absolute Gasteiger partial charge is 0.0685 e. The fraction of sp³-hybridized carbons (Fsp3) is 0.778. The topological polar surface area (TPSA) is 40.5 Å². The fourth-order valence-electron chi connectivity index (χ4n) is 4.55. The molecule has 0 aromatic carbocycles. The number of aliphatic hydroxyl groups excluding tert-OH is 1. The van der Waals surface area contributed by atoms with Crippen molar-refractivity contribution < 1.29 is 10.2 Å². The summed E-state index contributed by atoms with van der Waals surface area (Å²) in [5.41, 5.74) is 1.63. The maximum Gasteiger partial charge on any atom is 0.0685 e. The molecule has 0 bridgehead atoms. The van der Waals surface area contributed by atoms with Gasteiger partial charge < -0.3 is 10.2 Å². The molecule has 2 rings (SSSR count). The maximum atomic E-state index is 11.1. The summed E-state index contributed by atoms with van der Waals surface area (Å²) in [7, 11) is 0. The summed E-state index contributed by atoms with van der Waals surface area (Å²) in [6.45, 7) is 14.4. The van der Waals surface area contributed by atoms with Gasteiger partial charge in [-0.15, -0.1) is 0 Å². The predicted octanol–water partition coefficient (Wildman–Crippen LogP) is 3.69. The third-order valence-corrected chi connectivity index (χ3v) is 5.84. The Morgan fingerprint density at radius 2 is 1.70 bits per heavy atom. The summed E-state index contributed by atoms with van der Waals surface area (Å²) in [6.07, 6.45) is 4.05. The summed E-state index contributed by atoms with van der Waals surface area (Å²) < 4.78 is 0. The first-order chi connectivity index (χ1) is 9.28. The molecule has 0 radical (unpaired) electrons. The minimum absolute atomic E-state index is 0.160. The predicted molar refractivity (Wildman–Crippen MR) is 83.3 cm³/mol. The van der Waals surface area contributed by atoms with Gasteiger partial charge in [0.1, 0.15) is 0 Å². The van der Waals surface area contributed by atoms with E-state index >= 15 is 0 Å². The van der Waals surface area contributed by atoms with Gasteiger partial charge in [0.15, 0.2) is 0 Å². The van der Waals surface area contributed by atoms with E-state index in [4.69, 9.17) is 0 Å². The zero-order valence-electron chi connectivity index (χ0n) is 13.2. The van der Waals surface area contributed by atoms with Crippen molar-refractivity contribution in [3.05, 3.63) is 24.3 Å². The molecule has 0 amide bonds. The molecular weight excluding hydrogens is 248 g/mol. The Kier molecular flexibility index (Phi) is 4.46. The molecule has 0 aromatic rings. The first-order valence-corrected chi connectivity index (χ1v) is 7.99. The van der Waals surface area contributed by atoms with E-state index in [-0.39, 0.29) is 17.9 Å². The van der Waals surface area contributed by atoms with Gasteiger partial charge >= 0.3 is 0 Å². The average molecular weight is 278 g/mol. The van der Waals surface area contributed by atoms with Crippen molar-refractivity contribution in [1.82, 2.24) is 0 Å². The van der Waals surface area contributed by atoms with E-state index in [9.17, 15) is 10.2 Å². The van der Waals surface area contributed by atoms with Crippen LogP contribution in [-0.4, -0.2) is 21.9 Å². The minimum Gasteiger partial charge on any atom is -0.392 e.